The Bertz CT molecular complexity index is 1430. The molecule has 2 aromatic carbocycles. The molecule has 4 aromatic rings. The molecule has 0 saturated carbocycles. The van der Waals surface area contributed by atoms with Crippen molar-refractivity contribution in [2.24, 2.45) is 5.41 Å². The molecule has 1 saturated heterocycles. The Labute approximate surface area is 209 Å². The van der Waals surface area contributed by atoms with E-state index in [0.717, 1.165) is 17.1 Å². The Hall–Kier alpha value is -4.45. The lowest BCUT2D eigenvalue weighted by Gasteiger charge is -2.34. The van der Waals surface area contributed by atoms with Gasteiger partial charge in [0.25, 0.3) is 0 Å². The molecule has 9 heteroatoms. The fourth-order valence-corrected chi connectivity index (χ4v) is 4.51. The van der Waals surface area contributed by atoms with Crippen LogP contribution < -0.4 is 10.5 Å². The van der Waals surface area contributed by atoms with E-state index in [4.69, 9.17) is 15.6 Å². The van der Waals surface area contributed by atoms with Gasteiger partial charge in [0.2, 0.25) is 5.91 Å². The summed E-state index contributed by atoms with van der Waals surface area (Å²) >= 11 is 0. The predicted molar refractivity (Wildman–Crippen MR) is 136 cm³/mol. The van der Waals surface area contributed by atoms with Gasteiger partial charge >= 0.3 is 0 Å². The minimum atomic E-state index is -1.03. The molecule has 1 aliphatic rings. The third kappa shape index (κ3) is 4.33. The number of nitriles is 1. The number of nitrogen functional groups attached to an aromatic ring is 1. The Balaban J connectivity index is 1.42. The van der Waals surface area contributed by atoms with Crippen molar-refractivity contribution in [1.29, 1.82) is 5.26 Å². The van der Waals surface area contributed by atoms with E-state index in [9.17, 15) is 10.1 Å². The first-order valence-corrected chi connectivity index (χ1v) is 11.9. The molecule has 5 rings (SSSR count). The second kappa shape index (κ2) is 9.30. The number of nitrogens with zero attached hydrogens (tertiary/aromatic N) is 6. The second-order valence-electron chi connectivity index (χ2n) is 9.45. The maximum atomic E-state index is 12.7. The minimum Gasteiger partial charge on any atom is -0.457 e. The Morgan fingerprint density at radius 2 is 1.72 bits per heavy atom. The summed E-state index contributed by atoms with van der Waals surface area (Å²) in [5, 5.41) is 15.0. The van der Waals surface area contributed by atoms with Gasteiger partial charge in [-0.15, -0.1) is 0 Å². The number of carbonyl (C=O) groups is 1. The van der Waals surface area contributed by atoms with E-state index in [1.165, 1.54) is 6.33 Å². The molecule has 0 spiro atoms. The molecular weight excluding hydrogens is 454 g/mol. The number of anilines is 1. The summed E-state index contributed by atoms with van der Waals surface area (Å²) in [6.45, 7) is 4.42. The van der Waals surface area contributed by atoms with Crippen LogP contribution in [0.4, 0.5) is 5.82 Å². The fraction of sp³-hybridized carbons (Fsp3) is 0.296. The Morgan fingerprint density at radius 3 is 2.39 bits per heavy atom. The molecule has 2 N–H and O–H groups in total. The first-order chi connectivity index (χ1) is 17.4. The maximum Gasteiger partial charge on any atom is 0.242 e. The zero-order chi connectivity index (χ0) is 25.3. The topological polar surface area (TPSA) is 123 Å². The highest BCUT2D eigenvalue weighted by molar-refractivity contribution is 5.98. The van der Waals surface area contributed by atoms with Crippen LogP contribution in [0.25, 0.3) is 22.3 Å². The number of likely N-dealkylation sites (tertiary alicyclic amines) is 1. The van der Waals surface area contributed by atoms with Gasteiger partial charge in [0.15, 0.2) is 5.65 Å². The van der Waals surface area contributed by atoms with Crippen LogP contribution in [-0.2, 0) is 4.79 Å². The highest BCUT2D eigenvalue weighted by Crippen LogP contribution is 2.35. The quantitative estimate of drug-likeness (QED) is 0.442. The van der Waals surface area contributed by atoms with Crippen molar-refractivity contribution in [3.05, 3.63) is 60.9 Å². The average molecular weight is 482 g/mol. The number of ether oxygens (including phenoxy) is 1. The van der Waals surface area contributed by atoms with Gasteiger partial charge < -0.3 is 15.4 Å². The van der Waals surface area contributed by atoms with Crippen LogP contribution in [0.3, 0.4) is 0 Å². The number of nitrogens with two attached hydrogens (primary N) is 1. The van der Waals surface area contributed by atoms with E-state index in [1.54, 1.807) is 18.7 Å². The van der Waals surface area contributed by atoms with Crippen molar-refractivity contribution in [2.75, 3.05) is 18.8 Å². The molecule has 2 aromatic heterocycles. The number of hydrogen-bond donors (Lipinski definition) is 1. The van der Waals surface area contributed by atoms with E-state index in [0.29, 0.717) is 48.5 Å². The number of amides is 1. The van der Waals surface area contributed by atoms with Crippen molar-refractivity contribution in [1.82, 2.24) is 24.6 Å². The molecule has 1 aliphatic heterocycles. The smallest absolute Gasteiger partial charge is 0.242 e. The van der Waals surface area contributed by atoms with Crippen LogP contribution in [0.15, 0.2) is 60.9 Å². The zero-order valence-corrected chi connectivity index (χ0v) is 20.3. The third-order valence-corrected chi connectivity index (χ3v) is 6.54. The number of fused-ring (bicyclic) bond motifs is 1. The number of rotatable bonds is 5. The van der Waals surface area contributed by atoms with Gasteiger partial charge in [-0.05, 0) is 63.1 Å². The summed E-state index contributed by atoms with van der Waals surface area (Å²) < 4.78 is 7.83. The van der Waals surface area contributed by atoms with Crippen LogP contribution >= 0.6 is 0 Å². The molecule has 0 unspecified atom stereocenters. The van der Waals surface area contributed by atoms with E-state index in [1.807, 2.05) is 59.3 Å². The summed E-state index contributed by atoms with van der Waals surface area (Å²) in [7, 11) is 0. The number of aromatic nitrogens is 4. The lowest BCUT2D eigenvalue weighted by molar-refractivity contribution is -0.138. The molecule has 9 nitrogen and oxygen atoms in total. The lowest BCUT2D eigenvalue weighted by Crippen LogP contribution is -2.45. The first-order valence-electron chi connectivity index (χ1n) is 11.9. The molecule has 1 amide bonds. The number of hydrogen-bond acceptors (Lipinski definition) is 7. The Morgan fingerprint density at radius 1 is 1.06 bits per heavy atom. The van der Waals surface area contributed by atoms with Crippen LogP contribution in [0, 0.1) is 16.7 Å². The van der Waals surface area contributed by atoms with Gasteiger partial charge in [-0.1, -0.05) is 18.2 Å². The van der Waals surface area contributed by atoms with Gasteiger partial charge in [-0.3, -0.25) is 4.79 Å². The van der Waals surface area contributed by atoms with E-state index >= 15 is 0 Å². The summed E-state index contributed by atoms with van der Waals surface area (Å²) in [5.41, 5.74) is 7.51. The molecule has 3 heterocycles. The summed E-state index contributed by atoms with van der Waals surface area (Å²) in [4.78, 5) is 23.2. The number of para-hydroxylation sites is 1. The Kier molecular flexibility index (Phi) is 6.02. The molecule has 182 valence electrons. The second-order valence-corrected chi connectivity index (χ2v) is 9.45. The van der Waals surface area contributed by atoms with E-state index in [-0.39, 0.29) is 11.9 Å². The number of benzene rings is 2. The van der Waals surface area contributed by atoms with Gasteiger partial charge in [0, 0.05) is 18.7 Å². The monoisotopic (exact) mass is 481 g/mol. The molecule has 0 bridgehead atoms. The van der Waals surface area contributed by atoms with Crippen molar-refractivity contribution in [3.63, 3.8) is 0 Å². The van der Waals surface area contributed by atoms with Crippen molar-refractivity contribution >= 4 is 22.8 Å². The number of piperidine rings is 1. The van der Waals surface area contributed by atoms with Crippen molar-refractivity contribution in [2.45, 2.75) is 32.7 Å². The lowest BCUT2D eigenvalue weighted by atomic mass is 9.92. The van der Waals surface area contributed by atoms with E-state index < -0.39 is 5.41 Å². The van der Waals surface area contributed by atoms with Gasteiger partial charge in [-0.2, -0.15) is 10.4 Å². The molecule has 36 heavy (non-hydrogen) atoms. The highest BCUT2D eigenvalue weighted by Gasteiger charge is 2.35. The minimum absolute atomic E-state index is 0.0467. The van der Waals surface area contributed by atoms with Crippen molar-refractivity contribution in [3.8, 4) is 28.8 Å². The molecule has 0 aliphatic carbocycles. The van der Waals surface area contributed by atoms with Gasteiger partial charge in [-0.25, -0.2) is 14.6 Å². The standard InChI is InChI=1S/C27H27N7O2/c1-27(2,16-28)26(35)33-14-12-19(13-15-33)34-25-22(24(29)30-17-31-25)23(32-34)18-8-10-21(11-9-18)36-20-6-4-3-5-7-20/h3-11,17,19H,12-15H2,1-2H3,(H2,29,30,31). The molecule has 0 radical (unpaired) electrons. The highest BCUT2D eigenvalue weighted by atomic mass is 16.5. The van der Waals surface area contributed by atoms with Crippen LogP contribution in [0.1, 0.15) is 32.7 Å². The zero-order valence-electron chi connectivity index (χ0n) is 20.3. The first kappa shape index (κ1) is 23.3. The summed E-state index contributed by atoms with van der Waals surface area (Å²) in [6.07, 6.45) is 2.86. The average Bonchev–Trinajstić information content (AvgIpc) is 3.30. The summed E-state index contributed by atoms with van der Waals surface area (Å²) in [5.74, 6) is 1.71. The number of carbonyl (C=O) groups excluding carboxylic acids is 1. The summed E-state index contributed by atoms with van der Waals surface area (Å²) in [6, 6.07) is 19.4. The maximum absolute atomic E-state index is 12.7. The van der Waals surface area contributed by atoms with Crippen LogP contribution in [0.2, 0.25) is 0 Å². The van der Waals surface area contributed by atoms with Crippen molar-refractivity contribution < 1.29 is 9.53 Å². The normalized spacial score (nSPS) is 14.5. The fourth-order valence-electron chi connectivity index (χ4n) is 4.51. The molecule has 1 fully saturated rings. The van der Waals surface area contributed by atoms with E-state index in [2.05, 4.69) is 16.0 Å². The predicted octanol–water partition coefficient (Wildman–Crippen LogP) is 4.58. The SMILES string of the molecule is CC(C)(C#N)C(=O)N1CCC(n2nc(-c3ccc(Oc4ccccc4)cc3)c3c(N)ncnc32)CC1. The van der Waals surface area contributed by atoms with Crippen LogP contribution in [-0.4, -0.2) is 43.6 Å². The molecule has 0 atom stereocenters. The molecular formula is C27H27N7O2. The largest absolute Gasteiger partial charge is 0.457 e. The third-order valence-electron chi connectivity index (χ3n) is 6.54. The van der Waals surface area contributed by atoms with Crippen LogP contribution in [0.5, 0.6) is 11.5 Å². The van der Waals surface area contributed by atoms with Gasteiger partial charge in [0.05, 0.1) is 17.5 Å². The van der Waals surface area contributed by atoms with Gasteiger partial charge in [0.1, 0.15) is 34.8 Å².